The third-order valence-corrected chi connectivity index (χ3v) is 8.52. The number of carbonyl (C=O) groups is 1. The summed E-state index contributed by atoms with van der Waals surface area (Å²) in [5, 5.41) is 4.74. The van der Waals surface area contributed by atoms with Crippen molar-refractivity contribution < 1.29 is 13.2 Å². The van der Waals surface area contributed by atoms with Crippen LogP contribution in [0.15, 0.2) is 21.7 Å². The van der Waals surface area contributed by atoms with Gasteiger partial charge in [-0.3, -0.25) is 4.79 Å². The lowest BCUT2D eigenvalue weighted by Crippen LogP contribution is -2.36. The van der Waals surface area contributed by atoms with Gasteiger partial charge < -0.3 is 9.88 Å². The maximum Gasteiger partial charge on any atom is 0.252 e. The highest BCUT2D eigenvalue weighted by atomic mass is 32.2. The van der Waals surface area contributed by atoms with E-state index in [0.717, 1.165) is 36.5 Å². The Labute approximate surface area is 157 Å². The second-order valence-electron chi connectivity index (χ2n) is 6.85. The van der Waals surface area contributed by atoms with Gasteiger partial charge in [0.25, 0.3) is 10.0 Å². The second kappa shape index (κ2) is 6.79. The maximum absolute atomic E-state index is 12.8. The van der Waals surface area contributed by atoms with Crippen molar-refractivity contribution in [1.82, 2.24) is 19.2 Å². The lowest BCUT2D eigenvalue weighted by atomic mass is 9.85. The number of hydrogen-bond acceptors (Lipinski definition) is 5. The van der Waals surface area contributed by atoms with Crippen LogP contribution in [0.3, 0.4) is 0 Å². The summed E-state index contributed by atoms with van der Waals surface area (Å²) in [5.41, 5.74) is 1.84. The number of hydrogen-bond donors (Lipinski definition) is 1. The zero-order valence-electron chi connectivity index (χ0n) is 14.6. The smallest absolute Gasteiger partial charge is 0.252 e. The van der Waals surface area contributed by atoms with E-state index >= 15 is 0 Å². The molecule has 9 heteroatoms. The number of thiophene rings is 1. The lowest BCUT2D eigenvalue weighted by Gasteiger charge is -2.26. The number of aromatic nitrogens is 2. The minimum Gasteiger partial charge on any atom is -0.349 e. The molecule has 3 heterocycles. The lowest BCUT2D eigenvalue weighted by molar-refractivity contribution is -0.127. The van der Waals surface area contributed by atoms with Crippen LogP contribution in [0.2, 0.25) is 0 Å². The molecule has 1 saturated carbocycles. The van der Waals surface area contributed by atoms with Gasteiger partial charge in [-0.15, -0.1) is 11.3 Å². The van der Waals surface area contributed by atoms with Gasteiger partial charge in [0.15, 0.2) is 0 Å². The molecule has 1 N–H and O–H groups in total. The third kappa shape index (κ3) is 3.08. The van der Waals surface area contributed by atoms with Crippen molar-refractivity contribution in [2.24, 2.45) is 13.0 Å². The van der Waals surface area contributed by atoms with Crippen LogP contribution in [0.5, 0.6) is 0 Å². The van der Waals surface area contributed by atoms with E-state index in [1.54, 1.807) is 17.5 Å². The molecule has 26 heavy (non-hydrogen) atoms. The maximum atomic E-state index is 12.8. The molecule has 0 aromatic carbocycles. The standard InChI is InChI=1S/C17H22N4O3S2/c1-20-14-11-21(26(23,24)16-6-3-9-25-16)8-7-13(14)19-15(20)10-18-17(22)12-4-2-5-12/h3,6,9,12H,2,4-5,7-8,10-11H2,1H3,(H,18,22). The van der Waals surface area contributed by atoms with Gasteiger partial charge in [0.05, 0.1) is 24.5 Å². The molecule has 1 amide bonds. The number of nitrogens with one attached hydrogen (secondary N) is 1. The highest BCUT2D eigenvalue weighted by Gasteiger charge is 2.32. The minimum absolute atomic E-state index is 0.0964. The van der Waals surface area contributed by atoms with Crippen molar-refractivity contribution in [2.45, 2.75) is 43.0 Å². The molecule has 0 atom stereocenters. The van der Waals surface area contributed by atoms with E-state index in [-0.39, 0.29) is 11.8 Å². The molecule has 0 bridgehead atoms. The molecule has 0 radical (unpaired) electrons. The van der Waals surface area contributed by atoms with Crippen molar-refractivity contribution in [2.75, 3.05) is 6.54 Å². The molecule has 1 fully saturated rings. The van der Waals surface area contributed by atoms with Crippen molar-refractivity contribution in [3.8, 4) is 0 Å². The average molecular weight is 395 g/mol. The minimum atomic E-state index is -3.46. The number of amides is 1. The van der Waals surface area contributed by atoms with Gasteiger partial charge in [0.1, 0.15) is 10.0 Å². The molecule has 2 aromatic rings. The van der Waals surface area contributed by atoms with Crippen LogP contribution in [0.1, 0.15) is 36.5 Å². The third-order valence-electron chi connectivity index (χ3n) is 5.30. The molecule has 140 valence electrons. The van der Waals surface area contributed by atoms with Crippen LogP contribution in [0.25, 0.3) is 0 Å². The monoisotopic (exact) mass is 394 g/mol. The topological polar surface area (TPSA) is 84.3 Å². The van der Waals surface area contributed by atoms with Gasteiger partial charge >= 0.3 is 0 Å². The Morgan fingerprint density at radius 2 is 2.23 bits per heavy atom. The molecule has 0 saturated heterocycles. The summed E-state index contributed by atoms with van der Waals surface area (Å²) >= 11 is 1.24. The Hall–Kier alpha value is -1.71. The normalized spacial score (nSPS) is 18.3. The van der Waals surface area contributed by atoms with Gasteiger partial charge in [-0.25, -0.2) is 13.4 Å². The summed E-state index contributed by atoms with van der Waals surface area (Å²) in [4.78, 5) is 16.7. The van der Waals surface area contributed by atoms with E-state index in [2.05, 4.69) is 10.3 Å². The van der Waals surface area contributed by atoms with Crippen LogP contribution in [0, 0.1) is 5.92 Å². The van der Waals surface area contributed by atoms with Crippen LogP contribution in [0.4, 0.5) is 0 Å². The zero-order valence-corrected chi connectivity index (χ0v) is 16.3. The number of rotatable bonds is 5. The van der Waals surface area contributed by atoms with Crippen LogP contribution >= 0.6 is 11.3 Å². The van der Waals surface area contributed by atoms with Gasteiger partial charge in [-0.2, -0.15) is 4.31 Å². The molecule has 1 aliphatic heterocycles. The summed E-state index contributed by atoms with van der Waals surface area (Å²) in [5.74, 6) is 1.02. The Kier molecular flexibility index (Phi) is 4.62. The van der Waals surface area contributed by atoms with Gasteiger partial charge in [-0.05, 0) is 24.3 Å². The molecule has 4 rings (SSSR count). The van der Waals surface area contributed by atoms with Gasteiger partial charge in [0.2, 0.25) is 5.91 Å². The number of sulfonamides is 1. The van der Waals surface area contributed by atoms with E-state index in [9.17, 15) is 13.2 Å². The van der Waals surface area contributed by atoms with E-state index in [1.807, 2.05) is 11.6 Å². The van der Waals surface area contributed by atoms with Crippen molar-refractivity contribution >= 4 is 27.3 Å². The number of nitrogens with zero attached hydrogens (tertiary/aromatic N) is 3. The van der Waals surface area contributed by atoms with Crippen LogP contribution in [-0.4, -0.2) is 34.7 Å². The molecule has 1 aliphatic carbocycles. The van der Waals surface area contributed by atoms with E-state index in [4.69, 9.17) is 0 Å². The van der Waals surface area contributed by atoms with E-state index in [1.165, 1.54) is 15.6 Å². The fourth-order valence-electron chi connectivity index (χ4n) is 3.40. The first-order valence-electron chi connectivity index (χ1n) is 8.81. The first-order chi connectivity index (χ1) is 12.5. The molecular formula is C17H22N4O3S2. The summed E-state index contributed by atoms with van der Waals surface area (Å²) in [7, 11) is -1.57. The largest absolute Gasteiger partial charge is 0.349 e. The molecule has 0 unspecified atom stereocenters. The Morgan fingerprint density at radius 3 is 2.88 bits per heavy atom. The molecule has 7 nitrogen and oxygen atoms in total. The highest BCUT2D eigenvalue weighted by molar-refractivity contribution is 7.91. The van der Waals surface area contributed by atoms with Gasteiger partial charge in [0, 0.05) is 25.9 Å². The number of carbonyl (C=O) groups excluding carboxylic acids is 1. The first kappa shape index (κ1) is 17.7. The predicted octanol–water partition coefficient (Wildman–Crippen LogP) is 1.64. The van der Waals surface area contributed by atoms with E-state index in [0.29, 0.717) is 30.3 Å². The zero-order chi connectivity index (χ0) is 18.3. The Morgan fingerprint density at radius 1 is 1.42 bits per heavy atom. The van der Waals surface area contributed by atoms with Crippen LogP contribution < -0.4 is 5.32 Å². The Bertz CT molecular complexity index is 914. The van der Waals surface area contributed by atoms with Crippen molar-refractivity contribution in [1.29, 1.82) is 0 Å². The summed E-state index contributed by atoms with van der Waals surface area (Å²) in [6.07, 6.45) is 3.66. The van der Waals surface area contributed by atoms with Crippen molar-refractivity contribution in [3.63, 3.8) is 0 Å². The number of imidazole rings is 1. The molecular weight excluding hydrogens is 372 g/mol. The van der Waals surface area contributed by atoms with Gasteiger partial charge in [-0.1, -0.05) is 12.5 Å². The SMILES string of the molecule is Cn1c(CNC(=O)C2CCC2)nc2c1CN(S(=O)(=O)c1cccs1)CC2. The van der Waals surface area contributed by atoms with Crippen molar-refractivity contribution in [3.05, 3.63) is 34.7 Å². The molecule has 2 aliphatic rings. The fourth-order valence-corrected chi connectivity index (χ4v) is 5.95. The molecule has 0 spiro atoms. The second-order valence-corrected chi connectivity index (χ2v) is 9.96. The van der Waals surface area contributed by atoms with Crippen LogP contribution in [-0.2, 0) is 41.4 Å². The molecule has 2 aromatic heterocycles. The highest BCUT2D eigenvalue weighted by Crippen LogP contribution is 2.28. The summed E-state index contributed by atoms with van der Waals surface area (Å²) < 4.78 is 29.3. The summed E-state index contributed by atoms with van der Waals surface area (Å²) in [6.45, 7) is 1.13. The first-order valence-corrected chi connectivity index (χ1v) is 11.1. The summed E-state index contributed by atoms with van der Waals surface area (Å²) in [6, 6.07) is 3.39. The quantitative estimate of drug-likeness (QED) is 0.836. The fraction of sp³-hybridized carbons (Fsp3) is 0.529. The number of fused-ring (bicyclic) bond motifs is 1. The van der Waals surface area contributed by atoms with E-state index < -0.39 is 10.0 Å². The average Bonchev–Trinajstić information content (AvgIpc) is 3.20. The Balaban J connectivity index is 1.49. The predicted molar refractivity (Wildman–Crippen MR) is 98.0 cm³/mol.